The number of amides is 1. The van der Waals surface area contributed by atoms with Gasteiger partial charge in [-0.25, -0.2) is 0 Å². The van der Waals surface area contributed by atoms with E-state index in [0.717, 1.165) is 35.8 Å². The fourth-order valence-electron chi connectivity index (χ4n) is 3.56. The molecule has 25 heavy (non-hydrogen) atoms. The molecule has 1 N–H and O–H groups in total. The molecule has 5 heteroatoms. The van der Waals surface area contributed by atoms with Gasteiger partial charge in [0.25, 0.3) is 5.91 Å². The lowest BCUT2D eigenvalue weighted by Crippen LogP contribution is -2.34. The second-order valence-electron chi connectivity index (χ2n) is 6.62. The maximum absolute atomic E-state index is 12.7. The van der Waals surface area contributed by atoms with Crippen LogP contribution in [-0.2, 0) is 11.2 Å². The van der Waals surface area contributed by atoms with Gasteiger partial charge in [-0.3, -0.25) is 4.79 Å². The standard InChI is InChI=1S/C20H21ClN2O2/c21-15-8-9-17(23-10-4-1-5-11-23)16(13-15)22-20(24)19-12-14-6-2-3-7-18(14)25-19/h2-3,6-9,13,19H,1,4-5,10-12H2,(H,22,24)/t19-/m0/s1. The van der Waals surface area contributed by atoms with Crippen molar-refractivity contribution in [2.75, 3.05) is 23.3 Å². The molecular formula is C20H21ClN2O2. The summed E-state index contributed by atoms with van der Waals surface area (Å²) in [7, 11) is 0. The minimum Gasteiger partial charge on any atom is -0.480 e. The van der Waals surface area contributed by atoms with Crippen LogP contribution in [0.3, 0.4) is 0 Å². The van der Waals surface area contributed by atoms with Gasteiger partial charge in [-0.1, -0.05) is 29.8 Å². The highest BCUT2D eigenvalue weighted by molar-refractivity contribution is 6.31. The van der Waals surface area contributed by atoms with E-state index in [0.29, 0.717) is 11.4 Å². The number of anilines is 2. The first-order valence-corrected chi connectivity index (χ1v) is 9.18. The molecule has 0 unspecified atom stereocenters. The molecule has 0 saturated carbocycles. The SMILES string of the molecule is O=C(Nc1cc(Cl)ccc1N1CCCCC1)[C@@H]1Cc2ccccc2O1. The second-order valence-corrected chi connectivity index (χ2v) is 7.05. The Hall–Kier alpha value is -2.20. The van der Waals surface area contributed by atoms with E-state index in [4.69, 9.17) is 16.3 Å². The fraction of sp³-hybridized carbons (Fsp3) is 0.350. The molecule has 1 saturated heterocycles. The predicted molar refractivity (Wildman–Crippen MR) is 101 cm³/mol. The summed E-state index contributed by atoms with van der Waals surface area (Å²) < 4.78 is 5.80. The third-order valence-corrected chi connectivity index (χ3v) is 5.09. The lowest BCUT2D eigenvalue weighted by Gasteiger charge is -2.30. The molecule has 2 aromatic rings. The van der Waals surface area contributed by atoms with Gasteiger partial charge in [0.2, 0.25) is 0 Å². The summed E-state index contributed by atoms with van der Waals surface area (Å²) in [6.45, 7) is 2.02. The molecule has 0 spiro atoms. The number of ether oxygens (including phenoxy) is 1. The average molecular weight is 357 g/mol. The molecule has 0 aliphatic carbocycles. The van der Waals surface area contributed by atoms with E-state index in [-0.39, 0.29) is 5.91 Å². The van der Waals surface area contributed by atoms with Crippen LogP contribution in [0.4, 0.5) is 11.4 Å². The highest BCUT2D eigenvalue weighted by Crippen LogP contribution is 2.33. The van der Waals surface area contributed by atoms with E-state index in [1.807, 2.05) is 42.5 Å². The Bertz CT molecular complexity index is 762. The van der Waals surface area contributed by atoms with Crippen LogP contribution in [-0.4, -0.2) is 25.1 Å². The molecule has 2 aliphatic heterocycles. The number of benzene rings is 2. The fourth-order valence-corrected chi connectivity index (χ4v) is 3.73. The van der Waals surface area contributed by atoms with Gasteiger partial charge in [-0.15, -0.1) is 0 Å². The molecule has 130 valence electrons. The summed E-state index contributed by atoms with van der Waals surface area (Å²) in [5.41, 5.74) is 2.87. The van der Waals surface area contributed by atoms with E-state index in [9.17, 15) is 4.79 Å². The number of hydrogen-bond donors (Lipinski definition) is 1. The third-order valence-electron chi connectivity index (χ3n) is 4.85. The maximum Gasteiger partial charge on any atom is 0.265 e. The number of rotatable bonds is 3. The van der Waals surface area contributed by atoms with Gasteiger partial charge in [0.05, 0.1) is 11.4 Å². The van der Waals surface area contributed by atoms with Crippen LogP contribution in [0.25, 0.3) is 0 Å². The molecule has 2 heterocycles. The highest BCUT2D eigenvalue weighted by Gasteiger charge is 2.29. The molecule has 4 nitrogen and oxygen atoms in total. The van der Waals surface area contributed by atoms with Crippen molar-refractivity contribution in [1.29, 1.82) is 0 Å². The Balaban J connectivity index is 1.52. The van der Waals surface area contributed by atoms with Crippen LogP contribution in [0, 0.1) is 0 Å². The van der Waals surface area contributed by atoms with E-state index < -0.39 is 6.10 Å². The number of fused-ring (bicyclic) bond motifs is 1. The van der Waals surface area contributed by atoms with Crippen molar-refractivity contribution in [2.45, 2.75) is 31.8 Å². The van der Waals surface area contributed by atoms with Crippen molar-refractivity contribution >= 4 is 28.9 Å². The number of halogens is 1. The minimum atomic E-state index is -0.495. The van der Waals surface area contributed by atoms with Crippen LogP contribution >= 0.6 is 11.6 Å². The minimum absolute atomic E-state index is 0.128. The molecule has 1 atom stereocenters. The summed E-state index contributed by atoms with van der Waals surface area (Å²) in [5, 5.41) is 3.65. The van der Waals surface area contributed by atoms with Gasteiger partial charge in [0.1, 0.15) is 5.75 Å². The zero-order chi connectivity index (χ0) is 17.2. The summed E-state index contributed by atoms with van der Waals surface area (Å²) in [6, 6.07) is 13.5. The predicted octanol–water partition coefficient (Wildman–Crippen LogP) is 4.27. The highest BCUT2D eigenvalue weighted by atomic mass is 35.5. The van der Waals surface area contributed by atoms with Crippen LogP contribution < -0.4 is 15.0 Å². The average Bonchev–Trinajstić information content (AvgIpc) is 3.07. The van der Waals surface area contributed by atoms with Crippen molar-refractivity contribution in [2.24, 2.45) is 0 Å². The Morgan fingerprint density at radius 2 is 1.92 bits per heavy atom. The molecular weight excluding hydrogens is 336 g/mol. The number of nitrogens with zero attached hydrogens (tertiary/aromatic N) is 1. The van der Waals surface area contributed by atoms with Crippen LogP contribution in [0.15, 0.2) is 42.5 Å². The van der Waals surface area contributed by atoms with Crippen LogP contribution in [0.2, 0.25) is 5.02 Å². The number of nitrogens with one attached hydrogen (secondary N) is 1. The Kier molecular flexibility index (Phi) is 4.53. The van der Waals surface area contributed by atoms with E-state index in [1.165, 1.54) is 19.3 Å². The molecule has 0 aromatic heterocycles. The Morgan fingerprint density at radius 3 is 2.72 bits per heavy atom. The molecule has 2 aliphatic rings. The Labute approximate surface area is 152 Å². The summed E-state index contributed by atoms with van der Waals surface area (Å²) in [6.07, 6.45) is 3.72. The smallest absolute Gasteiger partial charge is 0.265 e. The Morgan fingerprint density at radius 1 is 1.12 bits per heavy atom. The summed E-state index contributed by atoms with van der Waals surface area (Å²) >= 11 is 6.17. The van der Waals surface area contributed by atoms with Gasteiger partial charge >= 0.3 is 0 Å². The zero-order valence-electron chi connectivity index (χ0n) is 14.0. The quantitative estimate of drug-likeness (QED) is 0.892. The summed E-state index contributed by atoms with van der Waals surface area (Å²) in [5.74, 6) is 0.668. The summed E-state index contributed by atoms with van der Waals surface area (Å²) in [4.78, 5) is 15.1. The van der Waals surface area contributed by atoms with Gasteiger partial charge in [0.15, 0.2) is 6.10 Å². The van der Waals surface area contributed by atoms with Crippen LogP contribution in [0.1, 0.15) is 24.8 Å². The first-order valence-electron chi connectivity index (χ1n) is 8.80. The number of hydrogen-bond acceptors (Lipinski definition) is 3. The van der Waals surface area contributed by atoms with E-state index in [1.54, 1.807) is 0 Å². The number of carbonyl (C=O) groups excluding carboxylic acids is 1. The topological polar surface area (TPSA) is 41.6 Å². The molecule has 0 radical (unpaired) electrons. The van der Waals surface area contributed by atoms with E-state index >= 15 is 0 Å². The monoisotopic (exact) mass is 356 g/mol. The lowest BCUT2D eigenvalue weighted by atomic mass is 10.1. The number of carbonyl (C=O) groups is 1. The van der Waals surface area contributed by atoms with Gasteiger partial charge in [-0.05, 0) is 49.1 Å². The normalized spacial score (nSPS) is 19.2. The van der Waals surface area contributed by atoms with Crippen molar-refractivity contribution in [3.05, 3.63) is 53.1 Å². The molecule has 1 fully saturated rings. The maximum atomic E-state index is 12.7. The zero-order valence-corrected chi connectivity index (χ0v) is 14.8. The van der Waals surface area contributed by atoms with Gasteiger partial charge < -0.3 is 15.0 Å². The lowest BCUT2D eigenvalue weighted by molar-refractivity contribution is -0.122. The first kappa shape index (κ1) is 16.3. The van der Waals surface area contributed by atoms with Crippen molar-refractivity contribution in [3.8, 4) is 5.75 Å². The van der Waals surface area contributed by atoms with Crippen molar-refractivity contribution in [3.63, 3.8) is 0 Å². The van der Waals surface area contributed by atoms with Crippen LogP contribution in [0.5, 0.6) is 5.75 Å². The van der Waals surface area contributed by atoms with Gasteiger partial charge in [0, 0.05) is 24.5 Å². The van der Waals surface area contributed by atoms with E-state index in [2.05, 4.69) is 10.2 Å². The third kappa shape index (κ3) is 3.45. The van der Waals surface area contributed by atoms with Crippen molar-refractivity contribution < 1.29 is 9.53 Å². The number of piperidine rings is 1. The molecule has 0 bridgehead atoms. The largest absolute Gasteiger partial charge is 0.480 e. The molecule has 4 rings (SSSR count). The second kappa shape index (κ2) is 6.96. The molecule has 2 aromatic carbocycles. The number of para-hydroxylation sites is 1. The van der Waals surface area contributed by atoms with Gasteiger partial charge in [-0.2, -0.15) is 0 Å². The van der Waals surface area contributed by atoms with Crippen molar-refractivity contribution in [1.82, 2.24) is 0 Å². The molecule has 1 amide bonds. The first-order chi connectivity index (χ1) is 12.2.